The minimum atomic E-state index is 0.0683. The van der Waals surface area contributed by atoms with E-state index in [-0.39, 0.29) is 5.91 Å². The summed E-state index contributed by atoms with van der Waals surface area (Å²) in [4.78, 5) is 14.3. The number of hydrogen-bond donors (Lipinski definition) is 0. The molecule has 0 unspecified atom stereocenters. The molecule has 0 bridgehead atoms. The molecule has 164 valence electrons. The summed E-state index contributed by atoms with van der Waals surface area (Å²) in [7, 11) is 0. The fourth-order valence-electron chi connectivity index (χ4n) is 4.08. The van der Waals surface area contributed by atoms with Crippen molar-refractivity contribution < 1.29 is 4.79 Å². The van der Waals surface area contributed by atoms with Gasteiger partial charge in [0.15, 0.2) is 0 Å². The van der Waals surface area contributed by atoms with Crippen molar-refractivity contribution in [3.63, 3.8) is 0 Å². The number of allylic oxidation sites excluding steroid dienone is 2. The number of likely N-dealkylation sites (N-methyl/N-ethyl adjacent to an activating group) is 1. The summed E-state index contributed by atoms with van der Waals surface area (Å²) in [5.41, 5.74) is 8.28. The van der Waals surface area contributed by atoms with Gasteiger partial charge in [-0.1, -0.05) is 91.9 Å². The lowest BCUT2D eigenvalue weighted by atomic mass is 9.87. The largest absolute Gasteiger partial charge is 0.340 e. The summed E-state index contributed by atoms with van der Waals surface area (Å²) >= 11 is 0. The van der Waals surface area contributed by atoms with Gasteiger partial charge in [0.05, 0.1) is 0 Å². The lowest BCUT2D eigenvalue weighted by molar-refractivity contribution is -0.125. The van der Waals surface area contributed by atoms with E-state index in [4.69, 9.17) is 0 Å². The first kappa shape index (κ1) is 23.3. The van der Waals surface area contributed by atoms with Gasteiger partial charge in [-0.2, -0.15) is 0 Å². The van der Waals surface area contributed by atoms with Crippen LogP contribution in [0.25, 0.3) is 16.7 Å². The van der Waals surface area contributed by atoms with E-state index in [1.165, 1.54) is 27.8 Å². The van der Waals surface area contributed by atoms with Gasteiger partial charge in [-0.3, -0.25) is 4.79 Å². The lowest BCUT2D eigenvalue weighted by Gasteiger charge is -2.18. The number of carbonyl (C=O) groups excluding carboxylic acids is 1. The number of carbonyl (C=O) groups is 1. The Balaban J connectivity index is 2.04. The molecule has 0 saturated carbocycles. The molecule has 0 fully saturated rings. The van der Waals surface area contributed by atoms with Crippen LogP contribution in [-0.4, -0.2) is 23.9 Å². The van der Waals surface area contributed by atoms with Crippen molar-refractivity contribution in [2.45, 2.75) is 34.1 Å². The number of rotatable bonds is 8. The Bertz CT molecular complexity index is 1070. The Morgan fingerprint density at radius 3 is 1.66 bits per heavy atom. The fraction of sp³-hybridized carbons (Fsp3) is 0.233. The van der Waals surface area contributed by atoms with Crippen LogP contribution in [0.4, 0.5) is 0 Å². The van der Waals surface area contributed by atoms with Crippen molar-refractivity contribution >= 4 is 22.6 Å². The highest BCUT2D eigenvalue weighted by Gasteiger charge is 2.13. The SMILES string of the molecule is CC/C(=C(\c1ccccc1)c1ccc(/C(C)=C\C(=O)N(CC)CC)cc1)c1ccccc1. The van der Waals surface area contributed by atoms with Crippen LogP contribution in [0.15, 0.2) is 91.0 Å². The molecule has 0 aliphatic carbocycles. The van der Waals surface area contributed by atoms with Gasteiger partial charge in [0.1, 0.15) is 0 Å². The van der Waals surface area contributed by atoms with Crippen LogP contribution in [0.5, 0.6) is 0 Å². The molecule has 0 N–H and O–H groups in total. The van der Waals surface area contributed by atoms with Crippen LogP contribution >= 0.6 is 0 Å². The number of amides is 1. The Morgan fingerprint density at radius 1 is 0.688 bits per heavy atom. The average Bonchev–Trinajstić information content (AvgIpc) is 2.84. The highest BCUT2D eigenvalue weighted by Crippen LogP contribution is 2.34. The Hall–Kier alpha value is -3.39. The molecule has 2 nitrogen and oxygen atoms in total. The fourth-order valence-corrected chi connectivity index (χ4v) is 4.08. The number of hydrogen-bond acceptors (Lipinski definition) is 1. The van der Waals surface area contributed by atoms with E-state index in [9.17, 15) is 4.79 Å². The first-order valence-electron chi connectivity index (χ1n) is 11.5. The third-order valence-electron chi connectivity index (χ3n) is 5.88. The minimum Gasteiger partial charge on any atom is -0.340 e. The second kappa shape index (κ2) is 11.3. The van der Waals surface area contributed by atoms with Gasteiger partial charge in [0.25, 0.3) is 0 Å². The van der Waals surface area contributed by atoms with Crippen molar-refractivity contribution in [3.8, 4) is 0 Å². The second-order valence-corrected chi connectivity index (χ2v) is 7.85. The van der Waals surface area contributed by atoms with E-state index in [2.05, 4.69) is 91.9 Å². The van der Waals surface area contributed by atoms with Crippen LogP contribution in [0.3, 0.4) is 0 Å². The highest BCUT2D eigenvalue weighted by molar-refractivity contribution is 5.99. The maximum atomic E-state index is 12.5. The standard InChI is InChI=1S/C30H33NO/c1-5-28(25-14-10-8-11-15-25)30(26-16-12-9-13-17-26)27-20-18-24(19-21-27)23(4)22-29(32)31(6-2)7-3/h8-22H,5-7H2,1-4H3/b23-22-,30-28-. The first-order chi connectivity index (χ1) is 15.6. The maximum absolute atomic E-state index is 12.5. The van der Waals surface area contributed by atoms with Gasteiger partial charge in [-0.05, 0) is 66.2 Å². The van der Waals surface area contributed by atoms with Crippen molar-refractivity contribution in [1.82, 2.24) is 4.90 Å². The van der Waals surface area contributed by atoms with Crippen molar-refractivity contribution in [1.29, 1.82) is 0 Å². The zero-order valence-electron chi connectivity index (χ0n) is 19.6. The van der Waals surface area contributed by atoms with Crippen LogP contribution in [-0.2, 0) is 4.79 Å². The molecule has 3 aromatic carbocycles. The smallest absolute Gasteiger partial charge is 0.246 e. The molecular formula is C30H33NO. The van der Waals surface area contributed by atoms with Gasteiger partial charge in [-0.25, -0.2) is 0 Å². The minimum absolute atomic E-state index is 0.0683. The van der Waals surface area contributed by atoms with E-state index < -0.39 is 0 Å². The topological polar surface area (TPSA) is 20.3 Å². The maximum Gasteiger partial charge on any atom is 0.246 e. The molecular weight excluding hydrogens is 390 g/mol. The van der Waals surface area contributed by atoms with Crippen molar-refractivity contribution in [2.75, 3.05) is 13.1 Å². The Labute approximate surface area is 192 Å². The molecule has 32 heavy (non-hydrogen) atoms. The second-order valence-electron chi connectivity index (χ2n) is 7.85. The van der Waals surface area contributed by atoms with Crippen molar-refractivity contribution in [3.05, 3.63) is 113 Å². The molecule has 0 aromatic heterocycles. The van der Waals surface area contributed by atoms with E-state index in [1.807, 2.05) is 25.7 Å². The molecule has 3 aromatic rings. The summed E-state index contributed by atoms with van der Waals surface area (Å²) < 4.78 is 0. The highest BCUT2D eigenvalue weighted by atomic mass is 16.2. The lowest BCUT2D eigenvalue weighted by Crippen LogP contribution is -2.28. The molecule has 2 heteroatoms. The summed E-state index contributed by atoms with van der Waals surface area (Å²) in [6, 6.07) is 29.8. The summed E-state index contributed by atoms with van der Waals surface area (Å²) in [6.07, 6.45) is 2.69. The molecule has 0 spiro atoms. The van der Waals surface area contributed by atoms with E-state index in [0.717, 1.165) is 30.6 Å². The summed E-state index contributed by atoms with van der Waals surface area (Å²) in [5.74, 6) is 0.0683. The van der Waals surface area contributed by atoms with Gasteiger partial charge < -0.3 is 4.90 Å². The molecule has 0 aliphatic heterocycles. The number of benzene rings is 3. The molecule has 0 aliphatic rings. The van der Waals surface area contributed by atoms with E-state index >= 15 is 0 Å². The molecule has 1 amide bonds. The molecule has 0 heterocycles. The quantitative estimate of drug-likeness (QED) is 0.274. The first-order valence-corrected chi connectivity index (χ1v) is 11.5. The van der Waals surface area contributed by atoms with E-state index in [0.29, 0.717) is 0 Å². The molecule has 3 rings (SSSR count). The van der Waals surface area contributed by atoms with Gasteiger partial charge in [-0.15, -0.1) is 0 Å². The van der Waals surface area contributed by atoms with Crippen LogP contribution < -0.4 is 0 Å². The third-order valence-corrected chi connectivity index (χ3v) is 5.88. The van der Waals surface area contributed by atoms with Gasteiger partial charge in [0.2, 0.25) is 5.91 Å². The van der Waals surface area contributed by atoms with Crippen molar-refractivity contribution in [2.24, 2.45) is 0 Å². The monoisotopic (exact) mass is 423 g/mol. The third kappa shape index (κ3) is 5.45. The van der Waals surface area contributed by atoms with Gasteiger partial charge in [0, 0.05) is 19.2 Å². The zero-order valence-corrected chi connectivity index (χ0v) is 19.6. The Morgan fingerprint density at radius 2 is 1.16 bits per heavy atom. The average molecular weight is 424 g/mol. The summed E-state index contributed by atoms with van der Waals surface area (Å²) in [5, 5.41) is 0. The molecule has 0 atom stereocenters. The summed E-state index contributed by atoms with van der Waals surface area (Å²) in [6.45, 7) is 9.69. The predicted octanol–water partition coefficient (Wildman–Crippen LogP) is 7.33. The van der Waals surface area contributed by atoms with Gasteiger partial charge >= 0.3 is 0 Å². The van der Waals surface area contributed by atoms with Crippen LogP contribution in [0.2, 0.25) is 0 Å². The molecule has 0 saturated heterocycles. The predicted molar refractivity (Wildman–Crippen MR) is 137 cm³/mol. The van der Waals surface area contributed by atoms with Crippen LogP contribution in [0.1, 0.15) is 56.4 Å². The molecule has 0 radical (unpaired) electrons. The zero-order chi connectivity index (χ0) is 22.9. The Kier molecular flexibility index (Phi) is 8.21. The number of nitrogens with zero attached hydrogens (tertiary/aromatic N) is 1. The normalized spacial score (nSPS) is 12.3. The van der Waals surface area contributed by atoms with Crippen LogP contribution in [0, 0.1) is 0 Å². The van der Waals surface area contributed by atoms with E-state index in [1.54, 1.807) is 6.08 Å².